The summed E-state index contributed by atoms with van der Waals surface area (Å²) in [7, 11) is 3.21. The minimum absolute atomic E-state index is 0.212. The van der Waals surface area contributed by atoms with Crippen molar-refractivity contribution in [2.75, 3.05) is 21.0 Å². The Morgan fingerprint density at radius 2 is 1.88 bits per heavy atom. The monoisotopic (exact) mass is 348 g/mol. The number of hydrazone groups is 1. The molecule has 1 N–H and O–H groups in total. The highest BCUT2D eigenvalue weighted by atomic mass is 35.5. The lowest BCUT2D eigenvalue weighted by Crippen LogP contribution is -2.06. The maximum Gasteiger partial charge on any atom is 0.231 e. The highest BCUT2D eigenvalue weighted by Gasteiger charge is 2.15. The van der Waals surface area contributed by atoms with Crippen molar-refractivity contribution < 1.29 is 18.9 Å². The quantitative estimate of drug-likeness (QED) is 0.641. The van der Waals surface area contributed by atoms with Crippen LogP contribution in [0.1, 0.15) is 11.1 Å². The highest BCUT2D eigenvalue weighted by Crippen LogP contribution is 2.36. The van der Waals surface area contributed by atoms with Crippen molar-refractivity contribution in [1.29, 1.82) is 0 Å². The highest BCUT2D eigenvalue weighted by molar-refractivity contribution is 6.33. The third-order valence-corrected chi connectivity index (χ3v) is 3.85. The van der Waals surface area contributed by atoms with E-state index >= 15 is 0 Å². The van der Waals surface area contributed by atoms with Gasteiger partial charge in [0.15, 0.2) is 23.0 Å². The molecule has 0 unspecified atom stereocenters. The van der Waals surface area contributed by atoms with Crippen LogP contribution in [0.4, 0.5) is 0 Å². The van der Waals surface area contributed by atoms with Crippen LogP contribution in [-0.4, -0.2) is 27.2 Å². The van der Waals surface area contributed by atoms with Crippen molar-refractivity contribution in [3.63, 3.8) is 0 Å². The largest absolute Gasteiger partial charge is 0.493 e. The average molecular weight is 349 g/mol. The van der Waals surface area contributed by atoms with Gasteiger partial charge in [-0.2, -0.15) is 5.10 Å². The van der Waals surface area contributed by atoms with Crippen molar-refractivity contribution in [3.8, 4) is 23.0 Å². The lowest BCUT2D eigenvalue weighted by atomic mass is 10.2. The molecule has 1 aliphatic rings. The zero-order chi connectivity index (χ0) is 16.9. The maximum absolute atomic E-state index is 6.19. The summed E-state index contributed by atoms with van der Waals surface area (Å²) in [5.74, 6) is 2.69. The Kier molecular flexibility index (Phi) is 4.96. The van der Waals surface area contributed by atoms with Crippen LogP contribution in [0.15, 0.2) is 35.4 Å². The zero-order valence-corrected chi connectivity index (χ0v) is 14.1. The molecular weight excluding hydrogens is 332 g/mol. The molecule has 2 aromatic carbocycles. The Labute approximate surface area is 144 Å². The molecule has 2 aromatic rings. The van der Waals surface area contributed by atoms with Crippen molar-refractivity contribution in [3.05, 3.63) is 46.5 Å². The first-order chi connectivity index (χ1) is 11.7. The molecule has 0 saturated carbocycles. The van der Waals surface area contributed by atoms with Gasteiger partial charge in [0.25, 0.3) is 0 Å². The Morgan fingerprint density at radius 1 is 1.12 bits per heavy atom. The third-order valence-electron chi connectivity index (χ3n) is 3.52. The van der Waals surface area contributed by atoms with E-state index in [2.05, 4.69) is 10.5 Å². The third kappa shape index (κ3) is 3.49. The van der Waals surface area contributed by atoms with Gasteiger partial charge in [-0.15, -0.1) is 0 Å². The summed E-state index contributed by atoms with van der Waals surface area (Å²) < 4.78 is 21.1. The van der Waals surface area contributed by atoms with E-state index in [1.807, 2.05) is 18.2 Å². The number of benzene rings is 2. The van der Waals surface area contributed by atoms with Crippen molar-refractivity contribution in [2.45, 2.75) is 6.54 Å². The van der Waals surface area contributed by atoms with Crippen LogP contribution in [0.3, 0.4) is 0 Å². The van der Waals surface area contributed by atoms with Gasteiger partial charge in [0.2, 0.25) is 6.79 Å². The molecule has 0 saturated heterocycles. The van der Waals surface area contributed by atoms with E-state index in [0.29, 0.717) is 34.6 Å². The second-order valence-corrected chi connectivity index (χ2v) is 5.42. The lowest BCUT2D eigenvalue weighted by Gasteiger charge is -2.09. The van der Waals surface area contributed by atoms with Gasteiger partial charge in [-0.25, -0.2) is 0 Å². The van der Waals surface area contributed by atoms with Crippen molar-refractivity contribution in [2.24, 2.45) is 5.10 Å². The van der Waals surface area contributed by atoms with E-state index in [9.17, 15) is 0 Å². The Morgan fingerprint density at radius 3 is 2.62 bits per heavy atom. The van der Waals surface area contributed by atoms with Gasteiger partial charge in [0, 0.05) is 11.6 Å². The average Bonchev–Trinajstić information content (AvgIpc) is 3.05. The van der Waals surface area contributed by atoms with Crippen LogP contribution in [0, 0.1) is 0 Å². The molecule has 1 heterocycles. The molecule has 126 valence electrons. The zero-order valence-electron chi connectivity index (χ0n) is 13.3. The fraction of sp³-hybridized carbons (Fsp3) is 0.235. The molecule has 0 spiro atoms. The van der Waals surface area contributed by atoms with Crippen LogP contribution >= 0.6 is 11.6 Å². The van der Waals surface area contributed by atoms with E-state index in [1.165, 1.54) is 0 Å². The molecule has 3 rings (SSSR count). The van der Waals surface area contributed by atoms with Gasteiger partial charge in [0.1, 0.15) is 0 Å². The van der Waals surface area contributed by atoms with Crippen molar-refractivity contribution >= 4 is 17.8 Å². The normalized spacial score (nSPS) is 12.5. The first kappa shape index (κ1) is 16.3. The summed E-state index contributed by atoms with van der Waals surface area (Å²) >= 11 is 6.19. The van der Waals surface area contributed by atoms with Gasteiger partial charge < -0.3 is 24.4 Å². The summed E-state index contributed by atoms with van der Waals surface area (Å²) in [5.41, 5.74) is 4.74. The Balaban J connectivity index is 1.63. The second-order valence-electron chi connectivity index (χ2n) is 5.01. The number of hydrogen-bond acceptors (Lipinski definition) is 6. The molecule has 1 aliphatic heterocycles. The molecule has 0 radical (unpaired) electrons. The van der Waals surface area contributed by atoms with Gasteiger partial charge in [0.05, 0.1) is 32.0 Å². The van der Waals surface area contributed by atoms with Crippen LogP contribution < -0.4 is 24.4 Å². The number of fused-ring (bicyclic) bond motifs is 1. The van der Waals surface area contributed by atoms with Gasteiger partial charge >= 0.3 is 0 Å². The number of methoxy groups -OCH3 is 2. The first-order valence-corrected chi connectivity index (χ1v) is 7.65. The van der Waals surface area contributed by atoms with Crippen LogP contribution in [0.2, 0.25) is 5.02 Å². The van der Waals surface area contributed by atoms with Crippen LogP contribution in [0.5, 0.6) is 23.0 Å². The molecule has 0 aromatic heterocycles. The molecule has 0 bridgehead atoms. The van der Waals surface area contributed by atoms with E-state index in [-0.39, 0.29) is 6.79 Å². The predicted molar refractivity (Wildman–Crippen MR) is 91.6 cm³/mol. The topological polar surface area (TPSA) is 61.3 Å². The molecule has 0 atom stereocenters. The van der Waals surface area contributed by atoms with Crippen LogP contribution in [-0.2, 0) is 6.54 Å². The summed E-state index contributed by atoms with van der Waals surface area (Å²) in [6.45, 7) is 0.753. The minimum atomic E-state index is 0.212. The summed E-state index contributed by atoms with van der Waals surface area (Å²) in [6.07, 6.45) is 1.64. The molecule has 0 fully saturated rings. The number of nitrogens with zero attached hydrogens (tertiary/aromatic N) is 1. The second kappa shape index (κ2) is 7.31. The number of ether oxygens (including phenoxy) is 4. The lowest BCUT2D eigenvalue weighted by molar-refractivity contribution is 0.174. The predicted octanol–water partition coefficient (Wildman–Crippen LogP) is 3.21. The molecule has 7 heteroatoms. The van der Waals surface area contributed by atoms with E-state index in [4.69, 9.17) is 30.5 Å². The van der Waals surface area contributed by atoms with Gasteiger partial charge in [-0.05, 0) is 23.8 Å². The molecule has 6 nitrogen and oxygen atoms in total. The fourth-order valence-corrected chi connectivity index (χ4v) is 2.48. The smallest absolute Gasteiger partial charge is 0.231 e. The molecular formula is C17H17ClN2O4. The minimum Gasteiger partial charge on any atom is -0.493 e. The van der Waals surface area contributed by atoms with E-state index < -0.39 is 0 Å². The Hall–Kier alpha value is -2.60. The standard InChI is InChI=1S/C17H17ClN2O4/c1-21-14-4-3-11(5-15(14)22-2)8-19-20-9-12-6-16-17(7-13(12)18)24-10-23-16/h3-7,9,19H,8,10H2,1-2H3/b20-9+. The maximum atomic E-state index is 6.19. The molecule has 0 aliphatic carbocycles. The summed E-state index contributed by atoms with van der Waals surface area (Å²) in [4.78, 5) is 0. The Bertz CT molecular complexity index is 764. The number of halogens is 1. The van der Waals surface area contributed by atoms with Crippen LogP contribution in [0.25, 0.3) is 0 Å². The molecule has 0 amide bonds. The summed E-state index contributed by atoms with van der Waals surface area (Å²) in [5, 5.41) is 4.75. The number of hydrogen-bond donors (Lipinski definition) is 1. The van der Waals surface area contributed by atoms with E-state index in [0.717, 1.165) is 11.1 Å². The number of nitrogens with one attached hydrogen (secondary N) is 1. The molecule has 24 heavy (non-hydrogen) atoms. The van der Waals surface area contributed by atoms with E-state index in [1.54, 1.807) is 32.6 Å². The van der Waals surface area contributed by atoms with Crippen molar-refractivity contribution in [1.82, 2.24) is 5.43 Å². The SMILES string of the molecule is COc1ccc(CN/N=C/c2cc3c(cc2Cl)OCO3)cc1OC. The fourth-order valence-electron chi connectivity index (χ4n) is 2.27. The summed E-state index contributed by atoms with van der Waals surface area (Å²) in [6, 6.07) is 9.21. The van der Waals surface area contributed by atoms with Gasteiger partial charge in [-0.1, -0.05) is 17.7 Å². The first-order valence-electron chi connectivity index (χ1n) is 7.27. The number of rotatable bonds is 6. The van der Waals surface area contributed by atoms with Gasteiger partial charge in [-0.3, -0.25) is 0 Å².